The summed E-state index contributed by atoms with van der Waals surface area (Å²) in [6.07, 6.45) is 0.774. The molecule has 1 rings (SSSR count). The molecule has 0 heterocycles. The Labute approximate surface area is 65.0 Å². The SMILES string of the molecule is CCc1cc(N)c(F)cc1N. The quantitative estimate of drug-likeness (QED) is 0.603. The minimum atomic E-state index is -0.445. The molecule has 0 spiro atoms. The molecule has 3 heteroatoms. The first kappa shape index (κ1) is 7.85. The van der Waals surface area contributed by atoms with E-state index in [-0.39, 0.29) is 5.69 Å². The van der Waals surface area contributed by atoms with Crippen molar-refractivity contribution in [2.24, 2.45) is 0 Å². The van der Waals surface area contributed by atoms with Crippen LogP contribution >= 0.6 is 0 Å². The first-order chi connectivity index (χ1) is 5.15. The second kappa shape index (κ2) is 2.78. The van der Waals surface area contributed by atoms with Crippen LogP contribution in [0.25, 0.3) is 0 Å². The second-order valence-corrected chi connectivity index (χ2v) is 2.43. The predicted octanol–water partition coefficient (Wildman–Crippen LogP) is 1.55. The van der Waals surface area contributed by atoms with Crippen LogP contribution in [0.4, 0.5) is 15.8 Å². The van der Waals surface area contributed by atoms with Gasteiger partial charge in [-0.25, -0.2) is 4.39 Å². The van der Waals surface area contributed by atoms with E-state index < -0.39 is 5.82 Å². The Morgan fingerprint density at radius 3 is 2.45 bits per heavy atom. The van der Waals surface area contributed by atoms with Gasteiger partial charge in [0.2, 0.25) is 0 Å². The lowest BCUT2D eigenvalue weighted by atomic mass is 10.1. The molecule has 11 heavy (non-hydrogen) atoms. The monoisotopic (exact) mass is 154 g/mol. The Morgan fingerprint density at radius 1 is 1.27 bits per heavy atom. The van der Waals surface area contributed by atoms with Gasteiger partial charge in [0.05, 0.1) is 5.69 Å². The highest BCUT2D eigenvalue weighted by molar-refractivity contribution is 5.56. The molecule has 0 aliphatic heterocycles. The zero-order chi connectivity index (χ0) is 8.43. The minimum absolute atomic E-state index is 0.163. The van der Waals surface area contributed by atoms with Gasteiger partial charge < -0.3 is 11.5 Å². The first-order valence-corrected chi connectivity index (χ1v) is 3.48. The second-order valence-electron chi connectivity index (χ2n) is 2.43. The van der Waals surface area contributed by atoms with E-state index in [1.807, 2.05) is 6.92 Å². The minimum Gasteiger partial charge on any atom is -0.398 e. The topological polar surface area (TPSA) is 52.0 Å². The van der Waals surface area contributed by atoms with Crippen molar-refractivity contribution in [1.82, 2.24) is 0 Å². The third-order valence-electron chi connectivity index (χ3n) is 1.64. The summed E-state index contributed by atoms with van der Waals surface area (Å²) in [6, 6.07) is 2.83. The highest BCUT2D eigenvalue weighted by atomic mass is 19.1. The van der Waals surface area contributed by atoms with Crippen LogP contribution in [0.5, 0.6) is 0 Å². The summed E-state index contributed by atoms with van der Waals surface area (Å²) in [4.78, 5) is 0. The fourth-order valence-corrected chi connectivity index (χ4v) is 0.959. The van der Waals surface area contributed by atoms with Gasteiger partial charge in [0.25, 0.3) is 0 Å². The van der Waals surface area contributed by atoms with Crippen LogP contribution in [0.3, 0.4) is 0 Å². The van der Waals surface area contributed by atoms with Gasteiger partial charge in [0.1, 0.15) is 5.82 Å². The van der Waals surface area contributed by atoms with Gasteiger partial charge in [-0.15, -0.1) is 0 Å². The summed E-state index contributed by atoms with van der Waals surface area (Å²) in [7, 11) is 0. The Hall–Kier alpha value is -1.25. The van der Waals surface area contributed by atoms with Crippen molar-refractivity contribution in [2.75, 3.05) is 11.5 Å². The number of hydrogen-bond acceptors (Lipinski definition) is 2. The molecule has 0 saturated carbocycles. The van der Waals surface area contributed by atoms with Gasteiger partial charge in [-0.1, -0.05) is 6.92 Å². The van der Waals surface area contributed by atoms with E-state index in [9.17, 15) is 4.39 Å². The van der Waals surface area contributed by atoms with Crippen LogP contribution in [-0.2, 0) is 6.42 Å². The predicted molar refractivity (Wildman–Crippen MR) is 44.6 cm³/mol. The molecule has 0 aromatic heterocycles. The number of halogens is 1. The van der Waals surface area contributed by atoms with Crippen LogP contribution in [0.2, 0.25) is 0 Å². The van der Waals surface area contributed by atoms with Crippen molar-refractivity contribution >= 4 is 11.4 Å². The van der Waals surface area contributed by atoms with Crippen LogP contribution < -0.4 is 11.5 Å². The fourth-order valence-electron chi connectivity index (χ4n) is 0.959. The number of hydrogen-bond donors (Lipinski definition) is 2. The lowest BCUT2D eigenvalue weighted by molar-refractivity contribution is 0.632. The molecule has 1 aromatic carbocycles. The van der Waals surface area contributed by atoms with Gasteiger partial charge in [-0.2, -0.15) is 0 Å². The zero-order valence-electron chi connectivity index (χ0n) is 6.39. The molecule has 0 bridgehead atoms. The number of rotatable bonds is 1. The Bertz CT molecular complexity index is 271. The molecule has 4 N–H and O–H groups in total. The molecule has 60 valence electrons. The largest absolute Gasteiger partial charge is 0.398 e. The number of anilines is 2. The van der Waals surface area contributed by atoms with Gasteiger partial charge in [-0.3, -0.25) is 0 Å². The van der Waals surface area contributed by atoms with E-state index in [1.165, 1.54) is 6.07 Å². The summed E-state index contributed by atoms with van der Waals surface area (Å²) < 4.78 is 12.7. The van der Waals surface area contributed by atoms with Crippen molar-refractivity contribution in [3.63, 3.8) is 0 Å². The summed E-state index contributed by atoms with van der Waals surface area (Å²) >= 11 is 0. The van der Waals surface area contributed by atoms with Crippen molar-refractivity contribution in [2.45, 2.75) is 13.3 Å². The molecule has 0 saturated heterocycles. The average molecular weight is 154 g/mol. The normalized spacial score (nSPS) is 10.0. The third-order valence-corrected chi connectivity index (χ3v) is 1.64. The molecule has 1 aromatic rings. The lowest BCUT2D eigenvalue weighted by Crippen LogP contribution is -1.98. The molecule has 0 atom stereocenters. The van der Waals surface area contributed by atoms with Crippen LogP contribution in [0, 0.1) is 5.82 Å². The molecule has 0 aliphatic rings. The smallest absolute Gasteiger partial charge is 0.148 e. The zero-order valence-corrected chi connectivity index (χ0v) is 6.39. The van der Waals surface area contributed by atoms with E-state index in [0.717, 1.165) is 12.0 Å². The molecule has 0 amide bonds. The van der Waals surface area contributed by atoms with Crippen molar-refractivity contribution < 1.29 is 4.39 Å². The number of benzene rings is 1. The van der Waals surface area contributed by atoms with E-state index in [2.05, 4.69) is 0 Å². The maximum atomic E-state index is 12.7. The lowest BCUT2D eigenvalue weighted by Gasteiger charge is -2.04. The van der Waals surface area contributed by atoms with Crippen molar-refractivity contribution in [1.29, 1.82) is 0 Å². The molecule has 0 fully saturated rings. The van der Waals surface area contributed by atoms with E-state index >= 15 is 0 Å². The molecular formula is C8H11FN2. The highest BCUT2D eigenvalue weighted by Gasteiger charge is 2.02. The van der Waals surface area contributed by atoms with E-state index in [0.29, 0.717) is 5.69 Å². The summed E-state index contributed by atoms with van der Waals surface area (Å²) in [5.74, 6) is -0.445. The Balaban J connectivity index is 3.21. The standard InChI is InChI=1S/C8H11FN2/c1-2-5-3-8(11)6(9)4-7(5)10/h3-4H,2,10-11H2,1H3. The number of aryl methyl sites for hydroxylation is 1. The van der Waals surface area contributed by atoms with Crippen molar-refractivity contribution in [3.8, 4) is 0 Å². The van der Waals surface area contributed by atoms with Crippen molar-refractivity contribution in [3.05, 3.63) is 23.5 Å². The van der Waals surface area contributed by atoms with Gasteiger partial charge in [-0.05, 0) is 24.1 Å². The van der Waals surface area contributed by atoms with Crippen LogP contribution in [0.15, 0.2) is 12.1 Å². The molecule has 0 unspecified atom stereocenters. The summed E-state index contributed by atoms with van der Waals surface area (Å²) in [5.41, 5.74) is 12.4. The molecule has 0 radical (unpaired) electrons. The Morgan fingerprint density at radius 2 is 1.91 bits per heavy atom. The number of nitrogen functional groups attached to an aromatic ring is 2. The van der Waals surface area contributed by atoms with Gasteiger partial charge in [0, 0.05) is 5.69 Å². The fraction of sp³-hybridized carbons (Fsp3) is 0.250. The number of nitrogens with two attached hydrogens (primary N) is 2. The first-order valence-electron chi connectivity index (χ1n) is 3.48. The van der Waals surface area contributed by atoms with Crippen LogP contribution in [-0.4, -0.2) is 0 Å². The maximum absolute atomic E-state index is 12.7. The molecule has 2 nitrogen and oxygen atoms in total. The summed E-state index contributed by atoms with van der Waals surface area (Å²) in [6.45, 7) is 1.95. The van der Waals surface area contributed by atoms with Gasteiger partial charge in [0.15, 0.2) is 0 Å². The van der Waals surface area contributed by atoms with Gasteiger partial charge >= 0.3 is 0 Å². The summed E-state index contributed by atoms with van der Waals surface area (Å²) in [5, 5.41) is 0. The highest BCUT2D eigenvalue weighted by Crippen LogP contribution is 2.19. The van der Waals surface area contributed by atoms with Crippen LogP contribution in [0.1, 0.15) is 12.5 Å². The van der Waals surface area contributed by atoms with E-state index in [1.54, 1.807) is 6.07 Å². The van der Waals surface area contributed by atoms with E-state index in [4.69, 9.17) is 11.5 Å². The Kier molecular flexibility index (Phi) is 1.98. The molecule has 0 aliphatic carbocycles. The third kappa shape index (κ3) is 1.42. The maximum Gasteiger partial charge on any atom is 0.148 e. The molecular weight excluding hydrogens is 143 g/mol. The average Bonchev–Trinajstić information content (AvgIpc) is 1.97.